The van der Waals surface area contributed by atoms with Gasteiger partial charge in [0.15, 0.2) is 4.86 Å². The minimum atomic E-state index is -1.09. The van der Waals surface area contributed by atoms with Crippen molar-refractivity contribution < 1.29 is 4.39 Å². The Morgan fingerprint density at radius 1 is 2.00 bits per heavy atom. The molecule has 0 saturated heterocycles. The van der Waals surface area contributed by atoms with E-state index in [1.165, 1.54) is 0 Å². The van der Waals surface area contributed by atoms with Gasteiger partial charge in [0.2, 0.25) is 0 Å². The summed E-state index contributed by atoms with van der Waals surface area (Å²) in [4.78, 5) is -0.565. The van der Waals surface area contributed by atoms with Crippen LogP contribution in [0.2, 0.25) is 0 Å². The van der Waals surface area contributed by atoms with Crippen molar-refractivity contribution in [3.05, 3.63) is 0 Å². The summed E-state index contributed by atoms with van der Waals surface area (Å²) in [7, 11) is 3.89. The average molecular weight is 120 g/mol. The molecule has 0 bridgehead atoms. The molecule has 6 heavy (non-hydrogen) atoms. The molecule has 0 N–H and O–H groups in total. The fraction of sp³-hybridized carbons (Fsp3) is 0.500. The Kier molecular flexibility index (Phi) is 2.88. The molecule has 0 aromatic heterocycles. The molecule has 0 spiro atoms. The highest BCUT2D eigenvalue weighted by molar-refractivity contribution is 8.07. The van der Waals surface area contributed by atoms with Gasteiger partial charge in [-0.2, -0.15) is 4.39 Å². The Morgan fingerprint density at radius 2 is 2.17 bits per heavy atom. The van der Waals surface area contributed by atoms with Crippen LogP contribution in [0.5, 0.6) is 0 Å². The molecule has 4 heteroatoms. The Bertz CT molecular complexity index is 64.6. The predicted octanol–water partition coefficient (Wildman–Crippen LogP) is 1.44. The maximum atomic E-state index is 11.5. The Balaban J connectivity index is 3.26. The Morgan fingerprint density at radius 3 is 2.17 bits per heavy atom. The molecule has 0 heterocycles. The summed E-state index contributed by atoms with van der Waals surface area (Å²) in [5.74, 6) is 0. The third-order valence-corrected chi connectivity index (χ3v) is 1.70. The summed E-state index contributed by atoms with van der Waals surface area (Å²) < 4.78 is 11.5. The average Bonchev–Trinajstić information content (AvgIpc) is 1.36. The molecule has 0 nitrogen and oxygen atoms in total. The minimum absolute atomic E-state index is 0.565. The number of hydrogen-bond donors (Lipinski definition) is 0. The second-order valence-corrected chi connectivity index (χ2v) is 3.14. The summed E-state index contributed by atoms with van der Waals surface area (Å²) in [5, 5.41) is 0. The van der Waals surface area contributed by atoms with Crippen LogP contribution < -0.4 is 0 Å². The van der Waals surface area contributed by atoms with Crippen molar-refractivity contribution in [2.45, 2.75) is 0 Å². The molecule has 32 valence electrons. The fourth-order valence-electron chi connectivity index (χ4n) is 0. The summed E-state index contributed by atoms with van der Waals surface area (Å²) in [6.45, 7) is 1.57. The zero-order valence-corrected chi connectivity index (χ0v) is 5.02. The van der Waals surface area contributed by atoms with Gasteiger partial charge >= 0.3 is 0 Å². The Hall–Kier alpha value is 0.515. The summed E-state index contributed by atoms with van der Waals surface area (Å²) >= 11 is 4.06. The van der Waals surface area contributed by atoms with Gasteiger partial charge in [0.25, 0.3) is 0 Å². The maximum absolute atomic E-state index is 11.5. The molecule has 0 fully saturated rings. The zero-order chi connectivity index (χ0) is 5.15. The van der Waals surface area contributed by atoms with E-state index >= 15 is 0 Å². The van der Waals surface area contributed by atoms with Crippen molar-refractivity contribution in [3.63, 3.8) is 0 Å². The van der Waals surface area contributed by atoms with Gasteiger partial charge in [-0.25, -0.2) is 0 Å². The summed E-state index contributed by atoms with van der Waals surface area (Å²) in [6, 6.07) is 0. The van der Waals surface area contributed by atoms with Crippen LogP contribution >= 0.6 is 20.0 Å². The molecule has 0 saturated carbocycles. The lowest BCUT2D eigenvalue weighted by atomic mass is 10.8. The molecule has 0 amide bonds. The quantitative estimate of drug-likeness (QED) is 0.218. The topological polar surface area (TPSA) is 0 Å². The molecule has 0 rings (SSSR count). The Labute approximate surface area is 44.2 Å². The molecule has 0 aromatic rings. The third kappa shape index (κ3) is 2.74. The van der Waals surface area contributed by atoms with Crippen LogP contribution in [0.1, 0.15) is 0 Å². The van der Waals surface area contributed by atoms with Crippen LogP contribution in [-0.2, 0) is 0 Å². The van der Waals surface area contributed by atoms with Crippen molar-refractivity contribution in [2.75, 3.05) is 6.66 Å². The van der Waals surface area contributed by atoms with Crippen molar-refractivity contribution >= 4 is 32.4 Å². The lowest BCUT2D eigenvalue weighted by molar-refractivity contribution is 0.851. The van der Waals surface area contributed by atoms with Gasteiger partial charge in [0, 0.05) is 0 Å². The highest BCUT2D eigenvalue weighted by Gasteiger charge is 1.94. The molecule has 0 aliphatic carbocycles. The van der Waals surface area contributed by atoms with Crippen molar-refractivity contribution in [1.29, 1.82) is 0 Å². The van der Waals surface area contributed by atoms with Crippen LogP contribution in [0.3, 0.4) is 0 Å². The predicted molar refractivity (Wildman–Crippen MR) is 32.3 cm³/mol. The third-order valence-electron chi connectivity index (χ3n) is 0.277. The van der Waals surface area contributed by atoms with E-state index in [9.17, 15) is 4.39 Å². The maximum Gasteiger partial charge on any atom is 0.174 e. The van der Waals surface area contributed by atoms with Gasteiger partial charge in [0.05, 0.1) is 0 Å². The second-order valence-electron chi connectivity index (χ2n) is 0.864. The standard InChI is InChI=1S/C2H3BFPS/c1-5(3)2(4)6/h1H3. The molecule has 2 radical (unpaired) electrons. The van der Waals surface area contributed by atoms with Crippen LogP contribution in [0.4, 0.5) is 4.39 Å². The number of hydrogen-bond acceptors (Lipinski definition) is 1. The van der Waals surface area contributed by atoms with Gasteiger partial charge in [-0.05, 0) is 18.9 Å². The first-order valence-electron chi connectivity index (χ1n) is 1.32. The number of thiocarbonyl (C=S) groups is 1. The first-order chi connectivity index (χ1) is 2.64. The van der Waals surface area contributed by atoms with Gasteiger partial charge < -0.3 is 0 Å². The fourth-order valence-corrected chi connectivity index (χ4v) is 0. The first-order valence-corrected chi connectivity index (χ1v) is 3.59. The molecule has 1 atom stereocenters. The van der Waals surface area contributed by atoms with E-state index < -0.39 is 12.7 Å². The highest BCUT2D eigenvalue weighted by Crippen LogP contribution is 2.25. The zero-order valence-electron chi connectivity index (χ0n) is 3.31. The van der Waals surface area contributed by atoms with Gasteiger partial charge in [-0.15, -0.1) is 0 Å². The number of halogens is 1. The molecule has 0 aliphatic heterocycles. The smallest absolute Gasteiger partial charge is 0.174 e. The van der Waals surface area contributed by atoms with Crippen molar-refractivity contribution in [3.8, 4) is 0 Å². The SMILES string of the molecule is [B]P(C)C(F)=S. The highest BCUT2D eigenvalue weighted by atomic mass is 32.1. The van der Waals surface area contributed by atoms with E-state index in [-0.39, 0.29) is 0 Å². The molecular formula is C2H3BFPS. The lowest BCUT2D eigenvalue weighted by Crippen LogP contribution is -1.75. The van der Waals surface area contributed by atoms with Crippen molar-refractivity contribution in [1.82, 2.24) is 0 Å². The van der Waals surface area contributed by atoms with Crippen LogP contribution in [-0.4, -0.2) is 19.1 Å². The molecule has 0 aromatic carbocycles. The lowest BCUT2D eigenvalue weighted by Gasteiger charge is -1.92. The van der Waals surface area contributed by atoms with E-state index in [2.05, 4.69) is 12.2 Å². The first kappa shape index (κ1) is 6.51. The summed E-state index contributed by atoms with van der Waals surface area (Å²) in [6.07, 6.45) is 0. The van der Waals surface area contributed by atoms with Crippen LogP contribution in [0, 0.1) is 0 Å². The van der Waals surface area contributed by atoms with Crippen molar-refractivity contribution in [2.24, 2.45) is 0 Å². The normalized spacial score (nSPS) is 13.7. The van der Waals surface area contributed by atoms with E-state index in [1.807, 2.05) is 0 Å². The number of rotatable bonds is 1. The van der Waals surface area contributed by atoms with Gasteiger partial charge in [0.1, 0.15) is 7.57 Å². The van der Waals surface area contributed by atoms with Gasteiger partial charge in [-0.1, -0.05) is 7.80 Å². The van der Waals surface area contributed by atoms with E-state index in [4.69, 9.17) is 7.57 Å². The van der Waals surface area contributed by atoms with Crippen LogP contribution in [0.15, 0.2) is 0 Å². The van der Waals surface area contributed by atoms with E-state index in [0.717, 1.165) is 0 Å². The largest absolute Gasteiger partial charge is 0.195 e. The monoisotopic (exact) mass is 120 g/mol. The summed E-state index contributed by atoms with van der Waals surface area (Å²) in [5.41, 5.74) is 0. The molecule has 0 aliphatic rings. The van der Waals surface area contributed by atoms with E-state index in [1.54, 1.807) is 6.66 Å². The molecule has 1 unspecified atom stereocenters. The second kappa shape index (κ2) is 2.65. The van der Waals surface area contributed by atoms with E-state index in [0.29, 0.717) is 0 Å². The molecular weight excluding hydrogens is 117 g/mol. The van der Waals surface area contributed by atoms with Gasteiger partial charge in [-0.3, -0.25) is 0 Å². The van der Waals surface area contributed by atoms with Crippen LogP contribution in [0.25, 0.3) is 0 Å². The minimum Gasteiger partial charge on any atom is -0.195 e.